The molecule has 682 valence electrons. The molecule has 12 aromatic rings. The minimum Gasteiger partial charge on any atom is -0.409 e. The predicted molar refractivity (Wildman–Crippen MR) is 524 cm³/mol. The molecule has 128 heavy (non-hydrogen) atoms. The summed E-state index contributed by atoms with van der Waals surface area (Å²) in [4.78, 5) is 46.1. The van der Waals surface area contributed by atoms with E-state index in [1.165, 1.54) is 53.2 Å². The van der Waals surface area contributed by atoms with E-state index in [2.05, 4.69) is 225 Å². The van der Waals surface area contributed by atoms with Gasteiger partial charge < -0.3 is 35.4 Å². The lowest BCUT2D eigenvalue weighted by molar-refractivity contribution is -0.115. The summed E-state index contributed by atoms with van der Waals surface area (Å²) in [6, 6.07) is 43.3. The summed E-state index contributed by atoms with van der Waals surface area (Å²) in [7, 11) is -6.86. The van der Waals surface area contributed by atoms with Crippen LogP contribution in [0.2, 0.25) is 0 Å². The Kier molecular flexibility index (Phi) is 44.1. The van der Waals surface area contributed by atoms with Crippen molar-refractivity contribution in [1.82, 2.24) is 67.7 Å². The number of halogens is 13. The number of nitrogens with two attached hydrogens (primary N) is 1. The van der Waals surface area contributed by atoms with E-state index in [4.69, 9.17) is 30.0 Å². The van der Waals surface area contributed by atoms with Crippen LogP contribution in [0.1, 0.15) is 87.0 Å². The Morgan fingerprint density at radius 3 is 1.33 bits per heavy atom. The van der Waals surface area contributed by atoms with Crippen LogP contribution in [0.5, 0.6) is 0 Å². The standard InChI is InChI=1S/C18H28BFN2O4S.C12H16BrFN2O2S.3C9H8BrN3O.C7H5Br2F.C7H8BrN3O.C7H5BrN2.C5H3Br2N/c1-17(2)18(3,4)26-19(25-17)15-7-6-14(16(20)12-15)13-21-8-10-22(11-9-21)27(5,23)24;1-19(17,18)16-6-4-15(5-7-16)9-10-2-3-11(13)8-12(10)14;2*1-6(14)11-9-5-8-7(10)3-2-4-13(8)12-9;1-6-12-9(13-14-6)5-8-7(10)3-2-4-11-8;8-4-5-1-2-6(9)3-7(5)10;8-5-2-1-3-10-6(5)4-7(9)11-12;8-6-2-1-5-10-7(6)3-4-9;6-4-2-1-3-8-5(4)7/h6-7,12H,8-11,13H2,1-5H3;2-3,8H,4-7,9H2,1H3;2*2-5H,1H3,(H,11,12,14);2-4H,5H2,1H3;1-3H,4H2;1-3,12H,4H2,(H2,9,11);1-2,5H,3H2;1-3H. The molecule has 12 heterocycles. The topological polar surface area (TPSA) is 365 Å². The summed E-state index contributed by atoms with van der Waals surface area (Å²) in [6.45, 7) is 17.8. The number of rotatable bonds is 15. The second-order valence-electron chi connectivity index (χ2n) is 28.8. The fraction of sp³-hybridized carbons (Fsp3) is 0.301. The summed E-state index contributed by atoms with van der Waals surface area (Å²) in [5.41, 5.74) is 11.3. The lowest BCUT2D eigenvalue weighted by Gasteiger charge is -2.33. The number of pyridine rings is 6. The molecule has 0 aliphatic carbocycles. The highest BCUT2D eigenvalue weighted by atomic mass is 79.9. The van der Waals surface area contributed by atoms with Crippen molar-refractivity contribution < 1.29 is 58.6 Å². The molecule has 0 atom stereocenters. The van der Waals surface area contributed by atoms with Gasteiger partial charge >= 0.3 is 7.12 Å². The van der Waals surface area contributed by atoms with Crippen LogP contribution in [-0.2, 0) is 76.6 Å². The van der Waals surface area contributed by atoms with E-state index in [1.54, 1.807) is 65.0 Å². The molecule has 9 aromatic heterocycles. The van der Waals surface area contributed by atoms with Gasteiger partial charge in [-0.05, 0) is 253 Å². The van der Waals surface area contributed by atoms with Crippen molar-refractivity contribution in [3.63, 3.8) is 0 Å². The van der Waals surface area contributed by atoms with Crippen molar-refractivity contribution in [3.8, 4) is 6.07 Å². The third-order valence-corrected chi connectivity index (χ3v) is 28.0. The lowest BCUT2D eigenvalue weighted by Crippen LogP contribution is -2.47. The molecule has 0 bridgehead atoms. The summed E-state index contributed by atoms with van der Waals surface area (Å²) < 4.78 is 118. The molecule has 45 heteroatoms. The first-order valence-electron chi connectivity index (χ1n) is 38.4. The van der Waals surface area contributed by atoms with Gasteiger partial charge in [0.1, 0.15) is 27.9 Å². The number of amidine groups is 1. The van der Waals surface area contributed by atoms with E-state index < -0.39 is 38.4 Å². The molecule has 0 spiro atoms. The molecule has 3 aromatic carbocycles. The number of sulfonamides is 2. The van der Waals surface area contributed by atoms with Crippen molar-refractivity contribution >= 4 is 232 Å². The number of nitrogens with one attached hydrogen (secondary N) is 2. The number of carbonyl (C=O) groups excluding carboxylic acids is 2. The fourth-order valence-electron chi connectivity index (χ4n) is 11.3. The Balaban J connectivity index is 0.000000202. The fourth-order valence-corrected chi connectivity index (χ4v) is 16.7. The maximum atomic E-state index is 14.7. The highest BCUT2D eigenvalue weighted by Gasteiger charge is 2.52. The summed E-state index contributed by atoms with van der Waals surface area (Å²) in [6.07, 6.45) is 14.2. The van der Waals surface area contributed by atoms with Gasteiger partial charge in [-0.2, -0.15) is 18.9 Å². The second kappa shape index (κ2) is 52.3. The van der Waals surface area contributed by atoms with Crippen molar-refractivity contribution in [2.24, 2.45) is 10.9 Å². The van der Waals surface area contributed by atoms with E-state index >= 15 is 0 Å². The van der Waals surface area contributed by atoms with Crippen LogP contribution >= 0.6 is 159 Å². The number of hydrogen-bond acceptors (Lipinski definition) is 22. The van der Waals surface area contributed by atoms with Gasteiger partial charge in [0.2, 0.25) is 37.8 Å². The second-order valence-corrected chi connectivity index (χ2v) is 41.0. The van der Waals surface area contributed by atoms with E-state index in [0.29, 0.717) is 136 Å². The number of carbonyl (C=O) groups is 2. The number of benzene rings is 3. The van der Waals surface area contributed by atoms with Gasteiger partial charge in [0, 0.05) is 183 Å². The summed E-state index contributed by atoms with van der Waals surface area (Å²) >= 11 is 32.9. The number of amides is 2. The van der Waals surface area contributed by atoms with Gasteiger partial charge in [-0.1, -0.05) is 82.4 Å². The molecule has 2 amide bonds. The number of aromatic nitrogens is 10. The van der Waals surface area contributed by atoms with Crippen molar-refractivity contribution in [2.75, 3.05) is 75.5 Å². The van der Waals surface area contributed by atoms with E-state index in [1.807, 2.05) is 143 Å². The van der Waals surface area contributed by atoms with Crippen molar-refractivity contribution in [1.29, 1.82) is 5.26 Å². The Bertz CT molecular complexity index is 5890. The number of anilines is 2. The number of alkyl halides is 1. The molecule has 3 aliphatic rings. The minimum absolute atomic E-state index is 0.121. The third-order valence-electron chi connectivity index (χ3n) is 18.5. The Labute approximate surface area is 825 Å². The summed E-state index contributed by atoms with van der Waals surface area (Å²) in [5, 5.41) is 37.5. The van der Waals surface area contributed by atoms with Crippen LogP contribution in [0.15, 0.2) is 227 Å². The average molecular weight is 2440 g/mol. The SMILES string of the molecule is Brc1cccnc1Br.CC(=O)Nc1cc2c(Br)cccn2n1.CC(=O)Nc1cc2c(Br)cccn2n1.CC1(C)OB(c2ccc(CN3CCN(S(C)(=O)=O)CC3)c(F)c2)OC1(C)C.CS(=O)(=O)N1CCN(Cc2ccc(Br)cc2F)CC1.Cc1nc(Cc2ncccc2Br)no1.Fc1cc(Br)ccc1CBr.N#CCc1ncccc1Br.N/C(Cc1ncccc1Br)=N\O. The van der Waals surface area contributed by atoms with Crippen molar-refractivity contribution in [3.05, 3.63) is 280 Å². The first kappa shape index (κ1) is 108. The Morgan fingerprint density at radius 1 is 0.562 bits per heavy atom. The van der Waals surface area contributed by atoms with Crippen LogP contribution in [0, 0.1) is 35.7 Å². The van der Waals surface area contributed by atoms with Gasteiger partial charge in [0.25, 0.3) is 0 Å². The molecule has 3 fully saturated rings. The highest BCUT2D eigenvalue weighted by Crippen LogP contribution is 2.37. The Morgan fingerprint density at radius 2 is 0.969 bits per heavy atom. The van der Waals surface area contributed by atoms with Crippen LogP contribution in [0.4, 0.5) is 24.8 Å². The first-order chi connectivity index (χ1) is 60.5. The van der Waals surface area contributed by atoms with Crippen LogP contribution < -0.4 is 21.8 Å². The van der Waals surface area contributed by atoms with Gasteiger partial charge in [-0.25, -0.2) is 44.0 Å². The van der Waals surface area contributed by atoms with Gasteiger partial charge in [0.05, 0.1) is 81.6 Å². The molecule has 0 unspecified atom stereocenters. The molecular formula is C83H89BBr10F3N19O10S2. The predicted octanol–water partition coefficient (Wildman–Crippen LogP) is 18.2. The van der Waals surface area contributed by atoms with E-state index in [9.17, 15) is 39.6 Å². The number of aryl methyl sites for hydroxylation is 1. The highest BCUT2D eigenvalue weighted by molar-refractivity contribution is 9.13. The number of oxime groups is 1. The molecule has 0 radical (unpaired) electrons. The summed E-state index contributed by atoms with van der Waals surface area (Å²) in [5.74, 6) is 1.55. The Hall–Kier alpha value is -7.21. The first-order valence-corrected chi connectivity index (χ1v) is 50.3. The van der Waals surface area contributed by atoms with Crippen molar-refractivity contribution in [2.45, 2.75) is 97.4 Å². The van der Waals surface area contributed by atoms with Crippen LogP contribution in [-0.4, -0.2) is 191 Å². The molecular weight excluding hydrogens is 2350 g/mol. The van der Waals surface area contributed by atoms with Crippen LogP contribution in [0.25, 0.3) is 11.0 Å². The molecule has 15 rings (SSSR count). The van der Waals surface area contributed by atoms with E-state index in [0.717, 1.165) is 68.5 Å². The number of hydrogen-bond donors (Lipinski definition) is 4. The van der Waals surface area contributed by atoms with Gasteiger partial charge in [0.15, 0.2) is 17.5 Å². The molecule has 5 N–H and O–H groups in total. The van der Waals surface area contributed by atoms with E-state index in [-0.39, 0.29) is 35.1 Å². The molecule has 3 aliphatic heterocycles. The number of nitriles is 1. The van der Waals surface area contributed by atoms with Gasteiger partial charge in [-0.3, -0.25) is 34.3 Å². The molecule has 3 saturated heterocycles. The minimum atomic E-state index is -3.16. The maximum absolute atomic E-state index is 14.7. The molecule has 29 nitrogen and oxygen atoms in total. The quantitative estimate of drug-likeness (QED) is 0.0141. The largest absolute Gasteiger partial charge is 0.494 e. The van der Waals surface area contributed by atoms with Crippen LogP contribution in [0.3, 0.4) is 0 Å². The zero-order valence-corrected chi connectivity index (χ0v) is 87.8. The number of piperazine rings is 2. The number of fused-ring (bicyclic) bond motifs is 2. The number of nitrogens with zero attached hydrogens (tertiary/aromatic N) is 16. The zero-order chi connectivity index (χ0) is 94.2. The molecule has 0 saturated carbocycles. The average Bonchev–Trinajstić information content (AvgIpc) is 1.62. The third kappa shape index (κ3) is 35.7. The zero-order valence-electron chi connectivity index (χ0n) is 70.3. The lowest BCUT2D eigenvalue weighted by atomic mass is 9.78. The normalized spacial score (nSPS) is 14.3. The van der Waals surface area contributed by atoms with Gasteiger partial charge in [-0.15, -0.1) is 10.2 Å². The monoisotopic (exact) mass is 2430 g/mol. The smallest absolute Gasteiger partial charge is 0.409 e. The maximum Gasteiger partial charge on any atom is 0.494 e.